The third-order valence-electron chi connectivity index (χ3n) is 6.84. The zero-order valence-corrected chi connectivity index (χ0v) is 20.2. The van der Waals surface area contributed by atoms with Crippen LogP contribution in [0.5, 0.6) is 0 Å². The second-order valence-electron chi connectivity index (χ2n) is 9.35. The predicted molar refractivity (Wildman–Crippen MR) is 133 cm³/mol. The molecule has 8 heteroatoms. The number of nitrogens with one attached hydrogen (secondary N) is 1. The van der Waals surface area contributed by atoms with Crippen molar-refractivity contribution in [2.75, 3.05) is 24.1 Å². The molecule has 0 aliphatic carbocycles. The normalized spacial score (nSPS) is 18.2. The number of nitrogens with zero attached hydrogens (tertiary/aromatic N) is 1. The highest BCUT2D eigenvalue weighted by atomic mass is 19.4. The molecular formula is C28H29F4N3O. The molecule has 1 amide bonds. The molecule has 3 aromatic carbocycles. The third-order valence-corrected chi connectivity index (χ3v) is 6.84. The fraction of sp³-hybridized carbons (Fsp3) is 0.321. The summed E-state index contributed by atoms with van der Waals surface area (Å²) in [7, 11) is 0. The van der Waals surface area contributed by atoms with Gasteiger partial charge in [0.15, 0.2) is 0 Å². The van der Waals surface area contributed by atoms with Crippen molar-refractivity contribution in [3.8, 4) is 0 Å². The first kappa shape index (κ1) is 25.5. The number of carbonyl (C=O) groups excluding carboxylic acids is 1. The largest absolute Gasteiger partial charge is 0.416 e. The van der Waals surface area contributed by atoms with Crippen molar-refractivity contribution in [3.05, 3.63) is 94.3 Å². The Labute approximate surface area is 208 Å². The number of carbonyl (C=O) groups is 1. The second kappa shape index (κ2) is 10.2. The molecule has 3 N–H and O–H groups in total. The highest BCUT2D eigenvalue weighted by Gasteiger charge is 2.37. The number of hydrogen-bond acceptors (Lipinski definition) is 3. The van der Waals surface area contributed by atoms with E-state index in [1.165, 1.54) is 19.1 Å². The fourth-order valence-electron chi connectivity index (χ4n) is 4.99. The molecule has 1 fully saturated rings. The van der Waals surface area contributed by atoms with E-state index in [2.05, 4.69) is 5.32 Å². The molecule has 1 saturated heterocycles. The van der Waals surface area contributed by atoms with Crippen molar-refractivity contribution < 1.29 is 22.4 Å². The van der Waals surface area contributed by atoms with E-state index in [4.69, 9.17) is 5.73 Å². The van der Waals surface area contributed by atoms with Crippen LogP contribution in [0.4, 0.5) is 28.9 Å². The number of nitrogens with two attached hydrogens (primary N) is 1. The Bertz CT molecular complexity index is 1220. The van der Waals surface area contributed by atoms with E-state index in [9.17, 15) is 22.4 Å². The lowest BCUT2D eigenvalue weighted by atomic mass is 9.83. The molecule has 4 rings (SSSR count). The highest BCUT2D eigenvalue weighted by molar-refractivity contribution is 5.96. The number of anilines is 2. The molecule has 1 unspecified atom stereocenters. The Hall–Kier alpha value is -3.55. The summed E-state index contributed by atoms with van der Waals surface area (Å²) in [6, 6.07) is 15.5. The maximum atomic E-state index is 14.7. The monoisotopic (exact) mass is 499 g/mol. The summed E-state index contributed by atoms with van der Waals surface area (Å²) in [6.07, 6.45) is -3.00. The number of likely N-dealkylation sites (tertiary alicyclic amines) is 1. The van der Waals surface area contributed by atoms with Gasteiger partial charge >= 0.3 is 6.18 Å². The van der Waals surface area contributed by atoms with Gasteiger partial charge in [0.05, 0.1) is 17.2 Å². The molecule has 3 aromatic rings. The van der Waals surface area contributed by atoms with Crippen LogP contribution in [0.15, 0.2) is 60.7 Å². The van der Waals surface area contributed by atoms with Crippen molar-refractivity contribution in [2.45, 2.75) is 38.9 Å². The van der Waals surface area contributed by atoms with Gasteiger partial charge in [-0.3, -0.25) is 4.79 Å². The Morgan fingerprint density at radius 1 is 1.06 bits per heavy atom. The molecule has 1 aliphatic heterocycles. The number of piperidine rings is 1. The van der Waals surface area contributed by atoms with Crippen LogP contribution in [0, 0.1) is 25.6 Å². The van der Waals surface area contributed by atoms with E-state index in [1.54, 1.807) is 42.2 Å². The number of aryl methyl sites for hydroxylation is 2. The van der Waals surface area contributed by atoms with Gasteiger partial charge in [0.25, 0.3) is 5.91 Å². The van der Waals surface area contributed by atoms with Crippen LogP contribution in [0.2, 0.25) is 0 Å². The van der Waals surface area contributed by atoms with Gasteiger partial charge in [0.1, 0.15) is 5.82 Å². The van der Waals surface area contributed by atoms with Gasteiger partial charge in [-0.1, -0.05) is 30.3 Å². The summed E-state index contributed by atoms with van der Waals surface area (Å²) in [4.78, 5) is 15.3. The highest BCUT2D eigenvalue weighted by Crippen LogP contribution is 2.39. The first-order valence-corrected chi connectivity index (χ1v) is 11.9. The molecule has 0 aromatic heterocycles. The topological polar surface area (TPSA) is 58.4 Å². The first-order valence-electron chi connectivity index (χ1n) is 11.9. The van der Waals surface area contributed by atoms with Crippen LogP contribution in [-0.4, -0.2) is 23.9 Å². The van der Waals surface area contributed by atoms with Gasteiger partial charge in [-0.2, -0.15) is 13.2 Å². The first-order chi connectivity index (χ1) is 17.1. The average molecular weight is 500 g/mol. The minimum atomic E-state index is -4.44. The number of alkyl halides is 3. The number of benzene rings is 3. The lowest BCUT2D eigenvalue weighted by Crippen LogP contribution is -2.45. The summed E-state index contributed by atoms with van der Waals surface area (Å²) in [5.74, 6) is -1.09. The summed E-state index contributed by atoms with van der Waals surface area (Å²) in [5, 5.41) is 3.15. The lowest BCUT2D eigenvalue weighted by Gasteiger charge is -2.42. The van der Waals surface area contributed by atoms with Crippen LogP contribution in [0.25, 0.3) is 0 Å². The molecule has 1 heterocycles. The van der Waals surface area contributed by atoms with Crippen LogP contribution >= 0.6 is 0 Å². The minimum Gasteiger partial charge on any atom is -0.399 e. The second-order valence-corrected chi connectivity index (χ2v) is 9.35. The molecule has 0 bridgehead atoms. The smallest absolute Gasteiger partial charge is 0.399 e. The summed E-state index contributed by atoms with van der Waals surface area (Å²) in [5.41, 5.74) is 7.72. The molecule has 190 valence electrons. The van der Waals surface area contributed by atoms with E-state index >= 15 is 0 Å². The lowest BCUT2D eigenvalue weighted by molar-refractivity contribution is -0.138. The standard InChI is InChI=1S/C28H29F4N3O/c1-17-8-13-22(15-23(17)28(30,31)32)34-16-20-6-4-14-35(26(20)19-9-11-21(33)12-10-19)27(36)25-18(2)5-3-7-24(25)29/h3,5,7-13,15,20,26,34H,4,6,14,16,33H2,1-2H3/t20?,26-/m0/s1. The van der Waals surface area contributed by atoms with E-state index in [1.807, 2.05) is 12.1 Å². The quantitative estimate of drug-likeness (QED) is 0.302. The SMILES string of the molecule is Cc1ccc(NCC2CCCN(C(=O)c3c(C)cccc3F)[C@H]2c2ccc(N)cc2)cc1C(F)(F)F. The van der Waals surface area contributed by atoms with Gasteiger partial charge in [-0.15, -0.1) is 0 Å². The molecule has 1 aliphatic rings. The number of hydrogen-bond donors (Lipinski definition) is 2. The Morgan fingerprint density at radius 3 is 2.44 bits per heavy atom. The van der Waals surface area contributed by atoms with Gasteiger partial charge in [0.2, 0.25) is 0 Å². The number of amides is 1. The fourth-order valence-corrected chi connectivity index (χ4v) is 4.99. The van der Waals surface area contributed by atoms with Crippen molar-refractivity contribution >= 4 is 17.3 Å². The van der Waals surface area contributed by atoms with Gasteiger partial charge in [-0.05, 0) is 73.7 Å². The Morgan fingerprint density at radius 2 is 1.78 bits per heavy atom. The maximum Gasteiger partial charge on any atom is 0.416 e. The molecule has 36 heavy (non-hydrogen) atoms. The van der Waals surface area contributed by atoms with E-state index in [0.717, 1.165) is 18.1 Å². The molecule has 4 nitrogen and oxygen atoms in total. The van der Waals surface area contributed by atoms with Gasteiger partial charge in [-0.25, -0.2) is 4.39 Å². The van der Waals surface area contributed by atoms with Crippen molar-refractivity contribution in [2.24, 2.45) is 5.92 Å². The van der Waals surface area contributed by atoms with E-state index in [0.29, 0.717) is 36.4 Å². The Balaban J connectivity index is 1.65. The predicted octanol–water partition coefficient (Wildman–Crippen LogP) is 6.75. The van der Waals surface area contributed by atoms with Gasteiger partial charge < -0.3 is 16.0 Å². The van der Waals surface area contributed by atoms with E-state index < -0.39 is 29.5 Å². The maximum absolute atomic E-state index is 14.7. The van der Waals surface area contributed by atoms with Crippen molar-refractivity contribution in [1.82, 2.24) is 4.90 Å². The number of rotatable bonds is 5. The van der Waals surface area contributed by atoms with Crippen LogP contribution in [0.1, 0.15) is 51.5 Å². The zero-order valence-electron chi connectivity index (χ0n) is 20.2. The zero-order chi connectivity index (χ0) is 26.0. The Kier molecular flexibility index (Phi) is 7.24. The molecule has 2 atom stereocenters. The average Bonchev–Trinajstić information content (AvgIpc) is 2.83. The van der Waals surface area contributed by atoms with Crippen LogP contribution in [-0.2, 0) is 6.18 Å². The number of halogens is 4. The van der Waals surface area contributed by atoms with Crippen LogP contribution in [0.3, 0.4) is 0 Å². The van der Waals surface area contributed by atoms with Crippen LogP contribution < -0.4 is 11.1 Å². The summed E-state index contributed by atoms with van der Waals surface area (Å²) >= 11 is 0. The molecule has 0 spiro atoms. The third kappa shape index (κ3) is 5.32. The van der Waals surface area contributed by atoms with Crippen molar-refractivity contribution in [1.29, 1.82) is 0 Å². The summed E-state index contributed by atoms with van der Waals surface area (Å²) in [6.45, 7) is 3.92. The summed E-state index contributed by atoms with van der Waals surface area (Å²) < 4.78 is 54.9. The number of nitrogen functional groups attached to an aromatic ring is 1. The van der Waals surface area contributed by atoms with Gasteiger partial charge in [0, 0.05) is 30.4 Å². The molecular weight excluding hydrogens is 470 g/mol. The van der Waals surface area contributed by atoms with E-state index in [-0.39, 0.29) is 17.0 Å². The van der Waals surface area contributed by atoms with Crippen molar-refractivity contribution in [3.63, 3.8) is 0 Å². The molecule has 0 radical (unpaired) electrons. The minimum absolute atomic E-state index is 0.0416. The molecule has 0 saturated carbocycles.